The van der Waals surface area contributed by atoms with Gasteiger partial charge in [-0.1, -0.05) is 78.1 Å². The van der Waals surface area contributed by atoms with Crippen LogP contribution in [0.15, 0.2) is 0 Å². The number of rotatable bonds is 16. The Kier molecular flexibility index (Phi) is 21.3. The summed E-state index contributed by atoms with van der Waals surface area (Å²) >= 11 is 0. The van der Waals surface area contributed by atoms with E-state index in [1.807, 2.05) is 0 Å². The molecule has 0 aliphatic heterocycles. The van der Waals surface area contributed by atoms with Gasteiger partial charge in [0.25, 0.3) is 0 Å². The summed E-state index contributed by atoms with van der Waals surface area (Å²) in [5, 5.41) is 0. The molecule has 22 heavy (non-hydrogen) atoms. The van der Waals surface area contributed by atoms with Gasteiger partial charge in [-0.3, -0.25) is 9.05 Å². The van der Waals surface area contributed by atoms with Crippen molar-refractivity contribution in [1.29, 1.82) is 0 Å². The summed E-state index contributed by atoms with van der Waals surface area (Å²) in [6.45, 7) is 5.01. The van der Waals surface area contributed by atoms with Gasteiger partial charge in [-0.15, -0.1) is 0 Å². The van der Waals surface area contributed by atoms with Crippen molar-refractivity contribution in [3.05, 3.63) is 0 Å². The van der Waals surface area contributed by atoms with Crippen LogP contribution in [0.4, 0.5) is 0 Å². The quantitative estimate of drug-likeness (QED) is 0.237. The Hall–Kier alpha value is 1.11. The second-order valence-corrected chi connectivity index (χ2v) is 7.12. The molecule has 0 heterocycles. The summed E-state index contributed by atoms with van der Waals surface area (Å²) in [6, 6.07) is 0. The van der Waals surface area contributed by atoms with Crippen LogP contribution in [0.3, 0.4) is 0 Å². The van der Waals surface area contributed by atoms with Crippen molar-refractivity contribution in [2.24, 2.45) is 0 Å². The Balaban J connectivity index is 0. The molecule has 0 saturated heterocycles. The summed E-state index contributed by atoms with van der Waals surface area (Å²) in [5.41, 5.74) is 0. The molecule has 0 aliphatic carbocycles. The van der Waals surface area contributed by atoms with Crippen LogP contribution >= 0.6 is 7.82 Å². The Morgan fingerprint density at radius 1 is 0.682 bits per heavy atom. The van der Waals surface area contributed by atoms with E-state index in [-0.39, 0.29) is 29.6 Å². The normalized spacial score (nSPS) is 11.4. The van der Waals surface area contributed by atoms with Gasteiger partial charge in [-0.2, -0.15) is 0 Å². The van der Waals surface area contributed by atoms with Gasteiger partial charge in [0, 0.05) is 0 Å². The molecular weight excluding hydrogens is 310 g/mol. The summed E-state index contributed by atoms with van der Waals surface area (Å²) in [7, 11) is -3.82. The third-order valence-electron chi connectivity index (χ3n) is 3.50. The molecule has 4 nitrogen and oxygen atoms in total. The number of hydrogen-bond donors (Lipinski definition) is 1. The monoisotopic (exact) mass is 346 g/mol. The Bertz CT molecular complexity index is 243. The van der Waals surface area contributed by atoms with E-state index >= 15 is 0 Å². The van der Waals surface area contributed by atoms with Crippen LogP contribution in [0.1, 0.15) is 90.9 Å². The van der Waals surface area contributed by atoms with Gasteiger partial charge in [-0.05, 0) is 12.8 Å². The SMILES string of the molecule is CCCCCCCCOP(=O)(O)OCCCCCCCC.[NaH]. The zero-order valence-corrected chi connectivity index (χ0v) is 14.9. The predicted molar refractivity (Wildman–Crippen MR) is 95.6 cm³/mol. The second kappa shape index (κ2) is 18.4. The molecule has 1 N–H and O–H groups in total. The molecule has 130 valence electrons. The predicted octanol–water partition coefficient (Wildman–Crippen LogP) is 5.19. The summed E-state index contributed by atoms with van der Waals surface area (Å²) < 4.78 is 21.5. The molecule has 0 fully saturated rings. The van der Waals surface area contributed by atoms with Gasteiger partial charge >= 0.3 is 37.4 Å². The molecule has 0 rings (SSSR count). The van der Waals surface area contributed by atoms with E-state index in [0.717, 1.165) is 25.7 Å². The van der Waals surface area contributed by atoms with E-state index in [0.29, 0.717) is 13.2 Å². The van der Waals surface area contributed by atoms with Crippen molar-refractivity contribution in [2.75, 3.05) is 13.2 Å². The van der Waals surface area contributed by atoms with Gasteiger partial charge in [-0.25, -0.2) is 4.57 Å². The van der Waals surface area contributed by atoms with Crippen LogP contribution in [0.2, 0.25) is 0 Å². The third kappa shape index (κ3) is 19.2. The van der Waals surface area contributed by atoms with E-state index in [2.05, 4.69) is 13.8 Å². The van der Waals surface area contributed by atoms with E-state index < -0.39 is 7.82 Å². The fourth-order valence-electron chi connectivity index (χ4n) is 2.16. The van der Waals surface area contributed by atoms with Gasteiger partial charge in [0.05, 0.1) is 13.2 Å². The van der Waals surface area contributed by atoms with Crippen molar-refractivity contribution in [2.45, 2.75) is 90.9 Å². The van der Waals surface area contributed by atoms with Crippen molar-refractivity contribution < 1.29 is 18.5 Å². The third-order valence-corrected chi connectivity index (χ3v) is 4.52. The molecule has 0 amide bonds. The van der Waals surface area contributed by atoms with Gasteiger partial charge < -0.3 is 4.89 Å². The fraction of sp³-hybridized carbons (Fsp3) is 1.00. The average molecular weight is 346 g/mol. The average Bonchev–Trinajstić information content (AvgIpc) is 2.45. The van der Waals surface area contributed by atoms with Crippen LogP contribution in [0, 0.1) is 0 Å². The molecule has 6 heteroatoms. The zero-order chi connectivity index (χ0) is 15.8. The number of phosphoric ester groups is 1. The molecule has 0 unspecified atom stereocenters. The van der Waals surface area contributed by atoms with Gasteiger partial charge in [0.15, 0.2) is 0 Å². The van der Waals surface area contributed by atoms with E-state index in [9.17, 15) is 9.46 Å². The van der Waals surface area contributed by atoms with E-state index in [1.54, 1.807) is 0 Å². The maximum absolute atomic E-state index is 11.6. The molecule has 0 bridgehead atoms. The molecule has 0 aromatic carbocycles. The zero-order valence-electron chi connectivity index (χ0n) is 14.0. The van der Waals surface area contributed by atoms with Crippen LogP contribution in [0.25, 0.3) is 0 Å². The molecular formula is C16H36NaO4P. The molecule has 0 atom stereocenters. The molecule has 0 saturated carbocycles. The molecule has 0 aliphatic rings. The minimum absolute atomic E-state index is 0. The Labute approximate surface area is 159 Å². The number of unbranched alkanes of at least 4 members (excludes halogenated alkanes) is 10. The summed E-state index contributed by atoms with van der Waals surface area (Å²) in [5.74, 6) is 0. The Morgan fingerprint density at radius 3 is 1.36 bits per heavy atom. The summed E-state index contributed by atoms with van der Waals surface area (Å²) in [4.78, 5) is 9.51. The molecule has 0 aromatic heterocycles. The van der Waals surface area contributed by atoms with Crippen LogP contribution in [0.5, 0.6) is 0 Å². The van der Waals surface area contributed by atoms with Crippen molar-refractivity contribution in [3.63, 3.8) is 0 Å². The maximum atomic E-state index is 11.6. The van der Waals surface area contributed by atoms with Crippen LogP contribution in [-0.4, -0.2) is 47.7 Å². The van der Waals surface area contributed by atoms with Crippen molar-refractivity contribution >= 4 is 37.4 Å². The first-order chi connectivity index (χ1) is 10.1. The van der Waals surface area contributed by atoms with E-state index in [4.69, 9.17) is 9.05 Å². The molecule has 0 spiro atoms. The first-order valence-corrected chi connectivity index (χ1v) is 10.2. The van der Waals surface area contributed by atoms with Crippen LogP contribution < -0.4 is 0 Å². The van der Waals surface area contributed by atoms with E-state index in [1.165, 1.54) is 51.4 Å². The van der Waals surface area contributed by atoms with Gasteiger partial charge in [0.1, 0.15) is 0 Å². The van der Waals surface area contributed by atoms with Crippen molar-refractivity contribution in [3.8, 4) is 0 Å². The van der Waals surface area contributed by atoms with Gasteiger partial charge in [0.2, 0.25) is 0 Å². The topological polar surface area (TPSA) is 55.8 Å². The summed E-state index contributed by atoms with van der Waals surface area (Å²) in [6.07, 6.45) is 13.6. The van der Waals surface area contributed by atoms with Crippen molar-refractivity contribution in [1.82, 2.24) is 0 Å². The Morgan fingerprint density at radius 2 is 1.00 bits per heavy atom. The minimum atomic E-state index is -3.82. The number of hydrogen-bond acceptors (Lipinski definition) is 3. The molecule has 0 radical (unpaired) electrons. The molecule has 0 aromatic rings. The standard InChI is InChI=1S/C16H35O4P.Na.H/c1-3-5-7-9-11-13-15-19-21(17,18)20-16-14-12-10-8-6-4-2;;/h3-16H2,1-2H3,(H,17,18);;. The van der Waals surface area contributed by atoms with Crippen LogP contribution in [-0.2, 0) is 13.6 Å². The first-order valence-electron chi connectivity index (χ1n) is 8.74. The number of phosphoric acid groups is 1. The second-order valence-electron chi connectivity index (χ2n) is 5.67. The fourth-order valence-corrected chi connectivity index (χ4v) is 2.96. The first kappa shape index (κ1) is 25.4.